The largest absolute Gasteiger partial charge is 0.492 e. The average molecular weight is 345 g/mol. The first-order valence-electron chi connectivity index (χ1n) is 5.69. The third kappa shape index (κ3) is 4.80. The summed E-state index contributed by atoms with van der Waals surface area (Å²) in [5.41, 5.74) is 5.70. The first-order valence-corrected chi connectivity index (χ1v) is 6.77. The number of nitrogens with one attached hydrogen (secondary N) is 1. The molecule has 0 heterocycles. The number of rotatable bonds is 5. The van der Waals surface area contributed by atoms with Crippen molar-refractivity contribution in [1.29, 1.82) is 0 Å². The second-order valence-corrected chi connectivity index (χ2v) is 5.23. The van der Waals surface area contributed by atoms with E-state index in [1.54, 1.807) is 0 Å². The van der Waals surface area contributed by atoms with Crippen LogP contribution in [0.4, 0.5) is 0 Å². The summed E-state index contributed by atoms with van der Waals surface area (Å²) < 4.78 is 6.74. The van der Waals surface area contributed by atoms with Crippen molar-refractivity contribution in [3.63, 3.8) is 0 Å². The van der Waals surface area contributed by atoms with Gasteiger partial charge in [-0.1, -0.05) is 0 Å². The maximum atomic E-state index is 5.70. The van der Waals surface area contributed by atoms with E-state index in [1.807, 2.05) is 24.3 Å². The van der Waals surface area contributed by atoms with Crippen LogP contribution in [0.25, 0.3) is 0 Å². The van der Waals surface area contributed by atoms with Gasteiger partial charge in [0.2, 0.25) is 0 Å². The first-order chi connectivity index (χ1) is 8.24. The Morgan fingerprint density at radius 2 is 2.12 bits per heavy atom. The van der Waals surface area contributed by atoms with Gasteiger partial charge in [-0.3, -0.25) is 0 Å². The molecule has 1 aromatic rings. The molecular formula is C12H16IN3O. The molecule has 0 radical (unpaired) electrons. The van der Waals surface area contributed by atoms with Gasteiger partial charge in [-0.15, -0.1) is 0 Å². The molecule has 92 valence electrons. The monoisotopic (exact) mass is 345 g/mol. The number of ether oxygens (including phenoxy) is 1. The van der Waals surface area contributed by atoms with Gasteiger partial charge in [0.1, 0.15) is 12.4 Å². The van der Waals surface area contributed by atoms with E-state index in [4.69, 9.17) is 10.5 Å². The minimum Gasteiger partial charge on any atom is -0.492 e. The smallest absolute Gasteiger partial charge is 0.188 e. The Bertz CT molecular complexity index is 387. The summed E-state index contributed by atoms with van der Waals surface area (Å²) in [6, 6.07) is 8.50. The van der Waals surface area contributed by atoms with E-state index in [0.717, 1.165) is 5.75 Å². The number of halogens is 1. The fourth-order valence-corrected chi connectivity index (χ4v) is 1.70. The Kier molecular flexibility index (Phi) is 4.47. The molecule has 5 heteroatoms. The van der Waals surface area contributed by atoms with Crippen LogP contribution in [-0.2, 0) is 0 Å². The SMILES string of the molecule is NC(=NCCOc1ccc(I)cc1)NC1CC1. The van der Waals surface area contributed by atoms with Crippen LogP contribution in [0.15, 0.2) is 29.3 Å². The zero-order valence-corrected chi connectivity index (χ0v) is 11.7. The standard InChI is InChI=1S/C12H16IN3O/c13-9-1-5-11(6-2-9)17-8-7-15-12(14)16-10-3-4-10/h1-2,5-6,10H,3-4,7-8H2,(H3,14,15,16). The second kappa shape index (κ2) is 6.09. The van der Waals surface area contributed by atoms with Crippen LogP contribution < -0.4 is 15.8 Å². The highest BCUT2D eigenvalue weighted by molar-refractivity contribution is 14.1. The van der Waals surface area contributed by atoms with Crippen molar-refractivity contribution in [2.75, 3.05) is 13.2 Å². The van der Waals surface area contributed by atoms with Crippen LogP contribution in [0.2, 0.25) is 0 Å². The van der Waals surface area contributed by atoms with E-state index in [1.165, 1.54) is 16.4 Å². The molecule has 0 saturated heterocycles. The first kappa shape index (κ1) is 12.5. The van der Waals surface area contributed by atoms with E-state index < -0.39 is 0 Å². The predicted octanol–water partition coefficient (Wildman–Crippen LogP) is 1.74. The van der Waals surface area contributed by atoms with Crippen molar-refractivity contribution in [1.82, 2.24) is 5.32 Å². The number of nitrogens with zero attached hydrogens (tertiary/aromatic N) is 1. The van der Waals surface area contributed by atoms with E-state index in [0.29, 0.717) is 25.2 Å². The van der Waals surface area contributed by atoms with E-state index in [9.17, 15) is 0 Å². The highest BCUT2D eigenvalue weighted by atomic mass is 127. The maximum absolute atomic E-state index is 5.70. The number of guanidine groups is 1. The average Bonchev–Trinajstić information content (AvgIpc) is 3.11. The molecule has 0 unspecified atom stereocenters. The van der Waals surface area contributed by atoms with Gasteiger partial charge in [0.05, 0.1) is 6.54 Å². The van der Waals surface area contributed by atoms with Crippen LogP contribution in [0, 0.1) is 3.57 Å². The molecule has 3 N–H and O–H groups in total. The molecule has 0 bridgehead atoms. The molecule has 1 aliphatic rings. The lowest BCUT2D eigenvalue weighted by Crippen LogP contribution is -2.33. The van der Waals surface area contributed by atoms with Gasteiger partial charge in [0, 0.05) is 9.61 Å². The third-order valence-electron chi connectivity index (χ3n) is 2.39. The fraction of sp³-hybridized carbons (Fsp3) is 0.417. The summed E-state index contributed by atoms with van der Waals surface area (Å²) in [7, 11) is 0. The van der Waals surface area contributed by atoms with Crippen molar-refractivity contribution < 1.29 is 4.74 Å². The van der Waals surface area contributed by atoms with Gasteiger partial charge in [0.25, 0.3) is 0 Å². The van der Waals surface area contributed by atoms with E-state index in [-0.39, 0.29) is 0 Å². The Morgan fingerprint density at radius 1 is 1.41 bits per heavy atom. The fourth-order valence-electron chi connectivity index (χ4n) is 1.34. The van der Waals surface area contributed by atoms with Crippen molar-refractivity contribution in [3.8, 4) is 5.75 Å². The number of hydrogen-bond acceptors (Lipinski definition) is 2. The Labute approximate surface area is 115 Å². The summed E-state index contributed by atoms with van der Waals surface area (Å²) in [5.74, 6) is 1.40. The Morgan fingerprint density at radius 3 is 2.76 bits per heavy atom. The van der Waals surface area contributed by atoms with Gasteiger partial charge >= 0.3 is 0 Å². The van der Waals surface area contributed by atoms with Crippen molar-refractivity contribution >= 4 is 28.6 Å². The number of nitrogens with two attached hydrogens (primary N) is 1. The van der Waals surface area contributed by atoms with Gasteiger partial charge < -0.3 is 15.8 Å². The molecular weight excluding hydrogens is 329 g/mol. The maximum Gasteiger partial charge on any atom is 0.188 e. The molecule has 0 aliphatic heterocycles. The van der Waals surface area contributed by atoms with Crippen LogP contribution in [0.5, 0.6) is 5.75 Å². The predicted molar refractivity (Wildman–Crippen MR) is 77.3 cm³/mol. The van der Waals surface area contributed by atoms with Gasteiger partial charge in [-0.05, 0) is 59.7 Å². The van der Waals surface area contributed by atoms with Crippen LogP contribution >= 0.6 is 22.6 Å². The zero-order valence-electron chi connectivity index (χ0n) is 9.53. The molecule has 1 fully saturated rings. The minimum atomic E-state index is 0.527. The summed E-state index contributed by atoms with van der Waals surface area (Å²) in [5, 5.41) is 3.13. The van der Waals surface area contributed by atoms with Crippen LogP contribution in [0.1, 0.15) is 12.8 Å². The molecule has 1 aromatic carbocycles. The van der Waals surface area contributed by atoms with E-state index >= 15 is 0 Å². The molecule has 0 amide bonds. The van der Waals surface area contributed by atoms with E-state index in [2.05, 4.69) is 32.9 Å². The molecule has 0 spiro atoms. The number of aliphatic imine (C=N–C) groups is 1. The summed E-state index contributed by atoms with van der Waals surface area (Å²) in [6.45, 7) is 1.13. The number of benzene rings is 1. The van der Waals surface area contributed by atoms with Crippen LogP contribution in [-0.4, -0.2) is 25.2 Å². The summed E-state index contributed by atoms with van der Waals surface area (Å²) in [6.07, 6.45) is 2.41. The molecule has 17 heavy (non-hydrogen) atoms. The van der Waals surface area contributed by atoms with Crippen LogP contribution in [0.3, 0.4) is 0 Å². The van der Waals surface area contributed by atoms with Crippen molar-refractivity contribution in [2.24, 2.45) is 10.7 Å². The second-order valence-electron chi connectivity index (χ2n) is 3.99. The molecule has 0 aromatic heterocycles. The highest BCUT2D eigenvalue weighted by Crippen LogP contribution is 2.18. The molecule has 2 rings (SSSR count). The zero-order chi connectivity index (χ0) is 12.1. The lowest BCUT2D eigenvalue weighted by atomic mass is 10.3. The van der Waals surface area contributed by atoms with Gasteiger partial charge in [0.15, 0.2) is 5.96 Å². The minimum absolute atomic E-state index is 0.527. The topological polar surface area (TPSA) is 59.6 Å². The van der Waals surface area contributed by atoms with Crippen molar-refractivity contribution in [2.45, 2.75) is 18.9 Å². The highest BCUT2D eigenvalue weighted by Gasteiger charge is 2.21. The molecule has 1 aliphatic carbocycles. The lowest BCUT2D eigenvalue weighted by molar-refractivity contribution is 0.328. The van der Waals surface area contributed by atoms with Gasteiger partial charge in [-0.2, -0.15) is 0 Å². The number of hydrogen-bond donors (Lipinski definition) is 2. The summed E-state index contributed by atoms with van der Waals surface area (Å²) >= 11 is 2.26. The summed E-state index contributed by atoms with van der Waals surface area (Å²) in [4.78, 5) is 4.19. The Balaban J connectivity index is 1.66. The molecule has 1 saturated carbocycles. The molecule has 4 nitrogen and oxygen atoms in total. The van der Waals surface area contributed by atoms with Gasteiger partial charge in [-0.25, -0.2) is 4.99 Å². The Hall–Kier alpha value is -0.980. The lowest BCUT2D eigenvalue weighted by Gasteiger charge is -2.05. The quantitative estimate of drug-likeness (QED) is 0.370. The third-order valence-corrected chi connectivity index (χ3v) is 3.10. The van der Waals surface area contributed by atoms with Crippen molar-refractivity contribution in [3.05, 3.63) is 27.8 Å². The normalized spacial score (nSPS) is 15.7. The molecule has 0 atom stereocenters.